The van der Waals surface area contributed by atoms with E-state index in [0.29, 0.717) is 60.5 Å². The summed E-state index contributed by atoms with van der Waals surface area (Å²) in [4.78, 5) is 89.3. The number of phosphoric ester groups is 2. The molecule has 0 saturated heterocycles. The number of phenolic OH excluding ortho intramolecular Hbond substituents is 1. The molecule has 614 valence electrons. The number of phosphoric acid groups is 2. The molecule has 3 N–H and O–H groups in total. The van der Waals surface area contributed by atoms with Crippen LogP contribution in [0.5, 0.6) is 23.0 Å². The summed E-state index contributed by atoms with van der Waals surface area (Å²) in [6, 6.07) is 6.72. The number of hydrogen-bond acceptors (Lipinski definition) is 23. The van der Waals surface area contributed by atoms with E-state index in [0.717, 1.165) is 108 Å². The van der Waals surface area contributed by atoms with Gasteiger partial charge in [-0.1, -0.05) is 239 Å². The SMILES string of the molecule is CCCCCCCCCCCC(=O)OCC(COP(=O)([O-])OCC(O)COP(=O)([O-])OCC(COC(=O)CCCCCCCCCCC)OC(=O)CCCCCCCCCCC)OC(=O)CCCCCCCCCCC.COc1c(CC(=O)c2cc3c(cc2O)OC(C)(C)C(O)C3)ccc2c1C=CC(C)(C)O2.[Na+].[Na+]. The van der Waals surface area contributed by atoms with Crippen LogP contribution in [0.2, 0.25) is 0 Å². The Morgan fingerprint density at radius 3 is 1.24 bits per heavy atom. The molecular formula is C82H136Na2O23P2. The van der Waals surface area contributed by atoms with E-state index in [1.807, 2.05) is 38.1 Å². The zero-order chi connectivity index (χ0) is 78.8. The van der Waals surface area contributed by atoms with Crippen LogP contribution < -0.4 is 83.1 Å². The Kier molecular flexibility index (Phi) is 57.8. The van der Waals surface area contributed by atoms with E-state index < -0.39 is 115 Å². The number of phenols is 1. The van der Waals surface area contributed by atoms with Crippen molar-refractivity contribution in [3.63, 3.8) is 0 Å². The van der Waals surface area contributed by atoms with Gasteiger partial charge in [0.1, 0.15) is 53.5 Å². The maximum atomic E-state index is 13.1. The molecule has 2 aliphatic heterocycles. The second-order valence-electron chi connectivity index (χ2n) is 29.8. The average Bonchev–Trinajstić information content (AvgIpc) is 0.778. The van der Waals surface area contributed by atoms with Crippen molar-refractivity contribution in [3.05, 3.63) is 52.6 Å². The van der Waals surface area contributed by atoms with Crippen LogP contribution in [0.1, 0.15) is 339 Å². The number of aliphatic hydroxyl groups is 2. The molecule has 23 nitrogen and oxygen atoms in total. The van der Waals surface area contributed by atoms with Gasteiger partial charge in [-0.15, -0.1) is 0 Å². The molecule has 109 heavy (non-hydrogen) atoms. The van der Waals surface area contributed by atoms with Crippen LogP contribution in [0.4, 0.5) is 0 Å². The van der Waals surface area contributed by atoms with Crippen LogP contribution in [0.3, 0.4) is 0 Å². The molecule has 0 bridgehead atoms. The first-order valence-corrected chi connectivity index (χ1v) is 43.5. The van der Waals surface area contributed by atoms with Crippen molar-refractivity contribution in [2.45, 2.75) is 361 Å². The van der Waals surface area contributed by atoms with Crippen molar-refractivity contribution in [1.82, 2.24) is 0 Å². The Labute approximate surface area is 697 Å². The molecule has 2 aromatic carbocycles. The minimum atomic E-state index is -5.20. The summed E-state index contributed by atoms with van der Waals surface area (Å²) < 4.78 is 84.1. The Morgan fingerprint density at radius 2 is 0.862 bits per heavy atom. The first kappa shape index (κ1) is 104. The van der Waals surface area contributed by atoms with E-state index in [-0.39, 0.29) is 108 Å². The topological polar surface area (TPSA) is 328 Å². The standard InChI is InChI=1S/C57H110O17P2.C25H28O6.2Na/c1-5-9-13-17-21-25-29-33-37-41-54(59)67-47-52(73-56(61)43-39-35-31-27-23-19-15-11-7-3)49-71-75(63,64)69-45-51(58)46-70-76(65,66)72-50-53(74-57(62)44-40-36-32-28-24-20-16-12-8-4)48-68-55(60)42-38-34-30-26-22-18-14-10-6-2;1-24(2)9-8-16-20(30-24)7-6-14(23(16)29-5)11-18(26)17-10-15-12-22(28)25(3,4)31-21(15)13-19(17)27;;/h51-53,58H,5-50H2,1-4H3,(H,63,64)(H,65,66);6-10,13,22,27-28H,11-12H2,1-5H3;;/q;;2*+1/p-2. The number of esters is 4. The van der Waals surface area contributed by atoms with Crippen LogP contribution in [0.15, 0.2) is 30.3 Å². The Hall–Kier alpha value is -2.93. The molecule has 5 atom stereocenters. The normalized spacial score (nSPS) is 15.7. The van der Waals surface area contributed by atoms with E-state index in [4.69, 9.17) is 51.3 Å². The van der Waals surface area contributed by atoms with Gasteiger partial charge in [-0.05, 0) is 83.2 Å². The molecule has 0 aromatic heterocycles. The fourth-order valence-corrected chi connectivity index (χ4v) is 14.0. The molecule has 5 unspecified atom stereocenters. The van der Waals surface area contributed by atoms with E-state index in [1.54, 1.807) is 27.0 Å². The van der Waals surface area contributed by atoms with Gasteiger partial charge in [0.15, 0.2) is 18.0 Å². The predicted molar refractivity (Wildman–Crippen MR) is 411 cm³/mol. The predicted octanol–water partition coefficient (Wildman–Crippen LogP) is 12.0. The Morgan fingerprint density at radius 1 is 0.505 bits per heavy atom. The fourth-order valence-electron chi connectivity index (χ4n) is 12.4. The van der Waals surface area contributed by atoms with Crippen molar-refractivity contribution < 1.29 is 169 Å². The van der Waals surface area contributed by atoms with Crippen molar-refractivity contribution in [2.24, 2.45) is 0 Å². The zero-order valence-corrected chi connectivity index (χ0v) is 74.4. The second-order valence-corrected chi connectivity index (χ2v) is 32.7. The van der Waals surface area contributed by atoms with Gasteiger partial charge in [-0.2, -0.15) is 0 Å². The number of rotatable bonds is 62. The molecule has 2 heterocycles. The first-order chi connectivity index (χ1) is 51.2. The summed E-state index contributed by atoms with van der Waals surface area (Å²) in [6.45, 7) is 11.9. The molecule has 27 heteroatoms. The number of ether oxygens (including phenoxy) is 7. The number of aromatic hydroxyl groups is 1. The molecular weight excluding hydrogens is 1460 g/mol. The number of carbonyl (C=O) groups is 5. The monoisotopic (exact) mass is 1600 g/mol. The fraction of sp³-hybridized carbons (Fsp3) is 0.768. The second kappa shape index (κ2) is 60.6. The molecule has 0 saturated carbocycles. The van der Waals surface area contributed by atoms with Gasteiger partial charge in [0, 0.05) is 50.2 Å². The van der Waals surface area contributed by atoms with Gasteiger partial charge in [0.25, 0.3) is 15.6 Å². The van der Waals surface area contributed by atoms with Crippen LogP contribution in [-0.2, 0) is 78.2 Å². The van der Waals surface area contributed by atoms with Gasteiger partial charge < -0.3 is 76.4 Å². The number of hydrogen-bond donors (Lipinski definition) is 3. The molecule has 2 aromatic rings. The number of methoxy groups -OCH3 is 1. The van der Waals surface area contributed by atoms with Crippen molar-refractivity contribution in [3.8, 4) is 23.0 Å². The van der Waals surface area contributed by atoms with E-state index in [2.05, 4.69) is 27.7 Å². The maximum absolute atomic E-state index is 13.1. The summed E-state index contributed by atoms with van der Waals surface area (Å²) in [5.41, 5.74) is 1.22. The Balaban J connectivity index is 0.00000148. The van der Waals surface area contributed by atoms with Gasteiger partial charge in [-0.25, -0.2) is 0 Å². The molecule has 2 aliphatic rings. The molecule has 0 radical (unpaired) electrons. The van der Waals surface area contributed by atoms with Gasteiger partial charge >= 0.3 is 83.0 Å². The summed E-state index contributed by atoms with van der Waals surface area (Å²) in [7, 11) is -8.83. The van der Waals surface area contributed by atoms with Crippen LogP contribution in [0.25, 0.3) is 6.08 Å². The average molecular weight is 1600 g/mol. The van der Waals surface area contributed by atoms with Crippen molar-refractivity contribution in [1.29, 1.82) is 0 Å². The van der Waals surface area contributed by atoms with Gasteiger partial charge in [-0.3, -0.25) is 33.1 Å². The van der Waals surface area contributed by atoms with Gasteiger partial charge in [0.2, 0.25) is 0 Å². The number of unbranched alkanes of at least 4 members (excludes halogenated alkanes) is 32. The van der Waals surface area contributed by atoms with Gasteiger partial charge in [0.05, 0.1) is 50.8 Å². The van der Waals surface area contributed by atoms with Crippen LogP contribution in [-0.4, -0.2) is 127 Å². The molecule has 0 spiro atoms. The number of fused-ring (bicyclic) bond motifs is 2. The third-order valence-electron chi connectivity index (χ3n) is 19.0. The molecule has 0 aliphatic carbocycles. The number of aliphatic hydroxyl groups excluding tert-OH is 2. The first-order valence-electron chi connectivity index (χ1n) is 40.6. The number of benzene rings is 2. The van der Waals surface area contributed by atoms with Crippen molar-refractivity contribution in [2.75, 3.05) is 46.8 Å². The number of carbonyl (C=O) groups excluding carboxylic acids is 5. The quantitative estimate of drug-likeness (QED) is 0.0138. The van der Waals surface area contributed by atoms with Crippen molar-refractivity contribution >= 4 is 51.4 Å². The summed E-state index contributed by atoms with van der Waals surface area (Å²) in [5, 5.41) is 31.2. The molecule has 4 rings (SSSR count). The number of Topliss-reactive ketones (excluding diaryl/α,β-unsaturated/α-hetero) is 1. The minimum absolute atomic E-state index is 0. The summed E-state index contributed by atoms with van der Waals surface area (Å²) in [5.74, 6) is -0.867. The van der Waals surface area contributed by atoms with Crippen LogP contribution in [0, 0.1) is 0 Å². The molecule has 0 fully saturated rings. The summed E-state index contributed by atoms with van der Waals surface area (Å²) >= 11 is 0. The van der Waals surface area contributed by atoms with E-state index in [1.165, 1.54) is 109 Å². The third kappa shape index (κ3) is 48.3. The minimum Gasteiger partial charge on any atom is -0.756 e. The van der Waals surface area contributed by atoms with Crippen LogP contribution >= 0.6 is 15.6 Å². The maximum Gasteiger partial charge on any atom is 1.00 e. The zero-order valence-electron chi connectivity index (χ0n) is 68.6. The Bertz CT molecular complexity index is 2860. The third-order valence-corrected chi connectivity index (χ3v) is 20.8. The largest absolute Gasteiger partial charge is 1.00 e. The summed E-state index contributed by atoms with van der Waals surface area (Å²) in [6.07, 6.45) is 37.8. The van der Waals surface area contributed by atoms with E-state index >= 15 is 0 Å². The van der Waals surface area contributed by atoms with E-state index in [9.17, 15) is 58.2 Å². The smallest absolute Gasteiger partial charge is 0.756 e. The number of ketones is 1. The molecule has 0 amide bonds.